The van der Waals surface area contributed by atoms with E-state index in [1.54, 1.807) is 0 Å². The molecule has 3 nitrogen and oxygen atoms in total. The third-order valence-electron chi connectivity index (χ3n) is 11.3. The van der Waals surface area contributed by atoms with Crippen LogP contribution in [0.4, 0.5) is 0 Å². The predicted octanol–water partition coefficient (Wildman–Crippen LogP) is 6.86. The van der Waals surface area contributed by atoms with Gasteiger partial charge >= 0.3 is 0 Å². The van der Waals surface area contributed by atoms with E-state index in [9.17, 15) is 5.11 Å². The van der Waals surface area contributed by atoms with Crippen molar-refractivity contribution < 1.29 is 14.9 Å². The molecule has 4 aliphatic carbocycles. The zero-order chi connectivity index (χ0) is 22.9. The van der Waals surface area contributed by atoms with Crippen molar-refractivity contribution in [3.05, 3.63) is 24.3 Å². The number of rotatable bonds is 5. The molecule has 3 heteroatoms. The van der Waals surface area contributed by atoms with Gasteiger partial charge in [0.05, 0.1) is 6.10 Å². The Kier molecular flexibility index (Phi) is 5.55. The van der Waals surface area contributed by atoms with Crippen molar-refractivity contribution in [1.82, 2.24) is 0 Å². The number of fused-ring (bicyclic) bond motifs is 2. The van der Waals surface area contributed by atoms with E-state index >= 15 is 0 Å². The maximum atomic E-state index is 10.4. The van der Waals surface area contributed by atoms with Crippen molar-refractivity contribution in [3.63, 3.8) is 0 Å². The third-order valence-corrected chi connectivity index (χ3v) is 11.3. The number of hydrogen-bond donors (Lipinski definition) is 1. The second-order valence-corrected chi connectivity index (χ2v) is 13.0. The second-order valence-electron chi connectivity index (χ2n) is 13.0. The SMILES string of the molecule is CC[C@H](C=C[C@@H](C)[C@H]1CC[C@@H]2[C@]1(C)CC[C@H]1[C@]23C=C[C@]2(C[C@@H](O)CC[C@]12C)OO3)C(C)C. The summed E-state index contributed by atoms with van der Waals surface area (Å²) in [5, 5.41) is 10.4. The van der Waals surface area contributed by atoms with Crippen LogP contribution in [0.5, 0.6) is 0 Å². The summed E-state index contributed by atoms with van der Waals surface area (Å²) < 4.78 is 0. The molecule has 1 saturated heterocycles. The van der Waals surface area contributed by atoms with Crippen LogP contribution in [0.15, 0.2) is 24.3 Å². The van der Waals surface area contributed by atoms with Crippen LogP contribution in [0.2, 0.25) is 0 Å². The summed E-state index contributed by atoms with van der Waals surface area (Å²) in [6, 6.07) is 0. The van der Waals surface area contributed by atoms with Crippen molar-refractivity contribution in [3.8, 4) is 0 Å². The van der Waals surface area contributed by atoms with Crippen LogP contribution in [0.1, 0.15) is 92.9 Å². The van der Waals surface area contributed by atoms with E-state index in [-0.39, 0.29) is 22.5 Å². The monoisotopic (exact) mass is 442 g/mol. The molecule has 180 valence electrons. The maximum Gasteiger partial charge on any atom is 0.130 e. The zero-order valence-electron chi connectivity index (χ0n) is 21.3. The molecule has 2 bridgehead atoms. The van der Waals surface area contributed by atoms with Crippen molar-refractivity contribution in [2.75, 3.05) is 0 Å². The summed E-state index contributed by atoms with van der Waals surface area (Å²) in [5.41, 5.74) is -0.371. The lowest BCUT2D eigenvalue weighted by Gasteiger charge is -2.69. The summed E-state index contributed by atoms with van der Waals surface area (Å²) in [4.78, 5) is 12.8. The molecule has 6 aliphatic rings. The van der Waals surface area contributed by atoms with Gasteiger partial charge in [-0.1, -0.05) is 59.8 Å². The van der Waals surface area contributed by atoms with E-state index in [2.05, 4.69) is 65.8 Å². The summed E-state index contributed by atoms with van der Waals surface area (Å²) in [6.45, 7) is 14.4. The molecule has 0 amide bonds. The fraction of sp³-hybridized carbons (Fsp3) is 0.862. The van der Waals surface area contributed by atoms with Crippen LogP contribution in [-0.4, -0.2) is 22.4 Å². The van der Waals surface area contributed by atoms with Crippen LogP contribution < -0.4 is 0 Å². The van der Waals surface area contributed by atoms with Crippen LogP contribution in [0.25, 0.3) is 0 Å². The zero-order valence-corrected chi connectivity index (χ0v) is 21.3. The minimum absolute atomic E-state index is 0.0653. The van der Waals surface area contributed by atoms with E-state index in [0.29, 0.717) is 41.9 Å². The largest absolute Gasteiger partial charge is 0.393 e. The van der Waals surface area contributed by atoms with Gasteiger partial charge in [-0.3, -0.25) is 0 Å². The molecule has 2 heterocycles. The molecular formula is C29H46O3. The molecule has 6 rings (SSSR count). The Balaban J connectivity index is 1.44. The van der Waals surface area contributed by atoms with E-state index in [1.807, 2.05) is 0 Å². The lowest BCUT2D eigenvalue weighted by Crippen LogP contribution is -2.73. The lowest BCUT2D eigenvalue weighted by atomic mass is 9.43. The number of aliphatic hydroxyl groups is 1. The Morgan fingerprint density at radius 3 is 2.41 bits per heavy atom. The van der Waals surface area contributed by atoms with Gasteiger partial charge in [-0.15, -0.1) is 0 Å². The van der Waals surface area contributed by atoms with Crippen LogP contribution in [0, 0.1) is 46.3 Å². The van der Waals surface area contributed by atoms with Gasteiger partial charge in [-0.2, -0.15) is 0 Å². The molecule has 32 heavy (non-hydrogen) atoms. The Morgan fingerprint density at radius 1 is 0.969 bits per heavy atom. The number of allylic oxidation sites excluding steroid dienone is 2. The van der Waals surface area contributed by atoms with E-state index < -0.39 is 5.60 Å². The highest BCUT2D eigenvalue weighted by atomic mass is 17.2. The van der Waals surface area contributed by atoms with Gasteiger partial charge < -0.3 is 5.11 Å². The first-order valence-corrected chi connectivity index (χ1v) is 13.6. The quantitative estimate of drug-likeness (QED) is 0.373. The highest BCUT2D eigenvalue weighted by Gasteiger charge is 2.74. The van der Waals surface area contributed by atoms with Crippen molar-refractivity contribution in [2.45, 2.75) is 110 Å². The fourth-order valence-electron chi connectivity index (χ4n) is 9.29. The van der Waals surface area contributed by atoms with Gasteiger partial charge in [-0.05, 0) is 80.1 Å². The van der Waals surface area contributed by atoms with Gasteiger partial charge in [-0.25, -0.2) is 9.78 Å². The summed E-state index contributed by atoms with van der Waals surface area (Å²) in [7, 11) is 0. The lowest BCUT2D eigenvalue weighted by molar-refractivity contribution is -0.497. The molecule has 3 saturated carbocycles. The predicted molar refractivity (Wildman–Crippen MR) is 129 cm³/mol. The van der Waals surface area contributed by atoms with E-state index in [1.165, 1.54) is 32.1 Å². The van der Waals surface area contributed by atoms with E-state index in [0.717, 1.165) is 12.8 Å². The third kappa shape index (κ3) is 2.96. The fourth-order valence-corrected chi connectivity index (χ4v) is 9.29. The molecule has 0 aromatic heterocycles. The molecule has 4 fully saturated rings. The molecular weight excluding hydrogens is 396 g/mol. The summed E-state index contributed by atoms with van der Waals surface area (Å²) in [6.07, 6.45) is 18.3. The molecule has 0 aromatic rings. The molecule has 2 aliphatic heterocycles. The average Bonchev–Trinajstić information content (AvgIpc) is 3.12. The standard InChI is InChI=1S/C29H46O3/c1-7-21(19(2)3)9-8-20(4)23-10-11-24-26(23,5)14-13-25-27(6)15-12-22(30)18-28(27)16-17-29(24,25)32-31-28/h8-9,16-17,19-25,30H,7,10-15,18H2,1-6H3/t20-,21-,22+,23-,24-,25-,26-,27-,28-,29+/m1/s1. The second kappa shape index (κ2) is 7.68. The first-order chi connectivity index (χ1) is 15.1. The van der Waals surface area contributed by atoms with Crippen molar-refractivity contribution >= 4 is 0 Å². The Labute approximate surface area is 195 Å². The van der Waals surface area contributed by atoms with Gasteiger partial charge in [0, 0.05) is 23.7 Å². The van der Waals surface area contributed by atoms with Gasteiger partial charge in [0.2, 0.25) is 0 Å². The Hall–Kier alpha value is -0.640. The average molecular weight is 443 g/mol. The number of aliphatic hydroxyl groups excluding tert-OH is 1. The smallest absolute Gasteiger partial charge is 0.130 e. The maximum absolute atomic E-state index is 10.4. The Bertz CT molecular complexity index is 787. The van der Waals surface area contributed by atoms with Gasteiger partial charge in [0.25, 0.3) is 0 Å². The topological polar surface area (TPSA) is 38.7 Å². The van der Waals surface area contributed by atoms with Crippen LogP contribution >= 0.6 is 0 Å². The van der Waals surface area contributed by atoms with E-state index in [4.69, 9.17) is 9.78 Å². The summed E-state index contributed by atoms with van der Waals surface area (Å²) >= 11 is 0. The van der Waals surface area contributed by atoms with Gasteiger partial charge in [0.1, 0.15) is 11.2 Å². The minimum Gasteiger partial charge on any atom is -0.393 e. The van der Waals surface area contributed by atoms with Crippen molar-refractivity contribution in [2.24, 2.45) is 46.3 Å². The van der Waals surface area contributed by atoms with Crippen LogP contribution in [-0.2, 0) is 9.78 Å². The number of hydrogen-bond acceptors (Lipinski definition) is 3. The first-order valence-electron chi connectivity index (χ1n) is 13.6. The minimum atomic E-state index is -0.440. The highest BCUT2D eigenvalue weighted by Crippen LogP contribution is 2.72. The van der Waals surface area contributed by atoms with Crippen molar-refractivity contribution in [1.29, 1.82) is 0 Å². The molecule has 0 aromatic carbocycles. The van der Waals surface area contributed by atoms with Gasteiger partial charge in [0.15, 0.2) is 0 Å². The summed E-state index contributed by atoms with van der Waals surface area (Å²) in [5.74, 6) is 3.70. The van der Waals surface area contributed by atoms with Crippen LogP contribution in [0.3, 0.4) is 0 Å². The molecule has 10 atom stereocenters. The molecule has 0 radical (unpaired) electrons. The Morgan fingerprint density at radius 2 is 1.75 bits per heavy atom. The molecule has 2 spiro atoms. The highest BCUT2D eigenvalue weighted by molar-refractivity contribution is 5.33. The normalized spacial score (nSPS) is 51.5. The molecule has 1 N–H and O–H groups in total. The first kappa shape index (κ1) is 23.1. The molecule has 0 unspecified atom stereocenters.